The van der Waals surface area contributed by atoms with Crippen LogP contribution in [0.4, 0.5) is 0 Å². The summed E-state index contributed by atoms with van der Waals surface area (Å²) < 4.78 is 144. The van der Waals surface area contributed by atoms with E-state index in [2.05, 4.69) is 143 Å². The Morgan fingerprint density at radius 1 is 0.557 bits per heavy atom. The normalized spacial score (nSPS) is 16.4. The molecule has 5 nitrogen and oxygen atoms in total. The number of imidazole rings is 2. The fourth-order valence-electron chi connectivity index (χ4n) is 10.5. The van der Waals surface area contributed by atoms with Crippen molar-refractivity contribution in [1.82, 2.24) is 19.1 Å². The molecule has 0 N–H and O–H groups in total. The van der Waals surface area contributed by atoms with E-state index in [-0.39, 0.29) is 53.7 Å². The topological polar surface area (TPSA) is 48.8 Å². The minimum Gasteiger partial charge on any atom is -0.501 e. The quantitative estimate of drug-likeness (QED) is 0.0958. The fraction of sp³-hybridized carbons (Fsp3) is 0.222. The molecule has 0 bridgehead atoms. The first kappa shape index (κ1) is 38.2. The van der Waals surface area contributed by atoms with Crippen LogP contribution in [0.25, 0.3) is 100 Å². The molecule has 3 aromatic heterocycles. The van der Waals surface area contributed by atoms with Crippen LogP contribution in [0.1, 0.15) is 128 Å². The summed E-state index contributed by atoms with van der Waals surface area (Å²) in [6.45, 7) is 0.913. The molecule has 12 aromatic rings. The van der Waals surface area contributed by atoms with Gasteiger partial charge in [-0.15, -0.1) is 47.5 Å². The van der Waals surface area contributed by atoms with Crippen molar-refractivity contribution in [3.63, 3.8) is 0 Å². The van der Waals surface area contributed by atoms with E-state index in [0.717, 1.165) is 62.6 Å². The number of hydrogen-bond donors (Lipinski definition) is 0. The number of para-hydroxylation sites is 6. The third-order valence-corrected chi connectivity index (χ3v) is 16.6. The van der Waals surface area contributed by atoms with Gasteiger partial charge in [0.05, 0.1) is 47.4 Å². The molecular formula is C72H70IrN4OSi-2. The molecule has 0 amide bonds. The smallest absolute Gasteiger partial charge is 0.120 e. The summed E-state index contributed by atoms with van der Waals surface area (Å²) in [6, 6.07) is 62.2. The number of fused-ring (bicyclic) bond motifs is 5. The van der Waals surface area contributed by atoms with Crippen molar-refractivity contribution >= 4 is 57.3 Å². The van der Waals surface area contributed by atoms with Crippen LogP contribution in [0.2, 0.25) is 19.6 Å². The summed E-state index contributed by atoms with van der Waals surface area (Å²) in [5, 5.41) is 3.67. The number of rotatable bonds is 11. The second-order valence-corrected chi connectivity index (χ2v) is 26.5. The zero-order valence-corrected chi connectivity index (χ0v) is 48.5. The van der Waals surface area contributed by atoms with Crippen LogP contribution in [0.3, 0.4) is 0 Å². The van der Waals surface area contributed by atoms with Crippen LogP contribution in [-0.2, 0) is 20.1 Å². The van der Waals surface area contributed by atoms with Gasteiger partial charge in [0.1, 0.15) is 5.58 Å². The average molecular weight is 1240 g/mol. The molecule has 399 valence electrons. The molecule has 1 radical (unpaired) electrons. The van der Waals surface area contributed by atoms with Crippen LogP contribution in [0.5, 0.6) is 0 Å². The Morgan fingerprint density at radius 3 is 1.78 bits per heavy atom. The first-order valence-electron chi connectivity index (χ1n) is 34.4. The van der Waals surface area contributed by atoms with E-state index < -0.39 is 71.0 Å². The maximum Gasteiger partial charge on any atom is 0.120 e. The molecule has 0 saturated heterocycles. The van der Waals surface area contributed by atoms with E-state index in [0.29, 0.717) is 17.4 Å². The van der Waals surface area contributed by atoms with Gasteiger partial charge in [0.25, 0.3) is 0 Å². The van der Waals surface area contributed by atoms with Crippen molar-refractivity contribution in [2.45, 2.75) is 105 Å². The summed E-state index contributed by atoms with van der Waals surface area (Å²) in [6.07, 6.45) is 0. The van der Waals surface area contributed by atoms with E-state index in [1.54, 1.807) is 48.5 Å². The van der Waals surface area contributed by atoms with Gasteiger partial charge >= 0.3 is 0 Å². The van der Waals surface area contributed by atoms with E-state index in [4.69, 9.17) is 34.9 Å². The predicted molar refractivity (Wildman–Crippen MR) is 333 cm³/mol. The number of nitrogens with zero attached hydrogens (tertiary/aromatic N) is 4. The van der Waals surface area contributed by atoms with Gasteiger partial charge in [-0.05, 0) is 105 Å². The van der Waals surface area contributed by atoms with Crippen molar-refractivity contribution in [2.24, 2.45) is 0 Å². The second-order valence-electron chi connectivity index (χ2n) is 21.4. The molecule has 0 spiro atoms. The zero-order chi connectivity index (χ0) is 68.0. The number of benzene rings is 9. The van der Waals surface area contributed by atoms with Crippen molar-refractivity contribution < 1.29 is 46.5 Å². The Labute approximate surface area is 504 Å². The average Bonchev–Trinajstić information content (AvgIpc) is 1.67. The van der Waals surface area contributed by atoms with Crippen LogP contribution < -0.4 is 5.19 Å². The first-order chi connectivity index (χ1) is 44.1. The Hall–Kier alpha value is -7.41. The Balaban J connectivity index is 0.000000206. The molecule has 0 saturated carbocycles. The Morgan fingerprint density at radius 2 is 1.15 bits per heavy atom. The summed E-state index contributed by atoms with van der Waals surface area (Å²) in [5.74, 6) is -5.17. The number of aromatic nitrogens is 4. The molecule has 0 aliphatic rings. The second kappa shape index (κ2) is 22.4. The van der Waals surface area contributed by atoms with E-state index >= 15 is 0 Å². The van der Waals surface area contributed by atoms with Crippen LogP contribution in [-0.4, -0.2) is 27.2 Å². The maximum absolute atomic E-state index is 9.17. The zero-order valence-electron chi connectivity index (χ0n) is 61.1. The molecule has 7 heteroatoms. The molecular weight excluding hydrogens is 1160 g/mol. The van der Waals surface area contributed by atoms with Crippen molar-refractivity contribution in [3.8, 4) is 56.4 Å². The standard InChI is InChI=1S/C40H39N2OSi.C32H31N2.Ir/c1-25(2)33-23-28(27-19-21-29(22-20-27)44(5,6)7)24-34(26(3)4)38(33)42-36-17-10-9-16-35(36)41-40(42)32-15-12-14-31-30-13-8-11-18-37(30)43-39(31)32;1-21(2)26-14-11-15-27(22(3)4)31(26)34-30-17-10-9-16-29(30)33-32(34)25-19-18-23(5)28(20-25)24-12-7-6-8-13-24;/h8-14,16-26H,1-7H3;6-18,20-22H,1-5H3;/q2*-1;/i;1D2,2D3,3D3,4D3,5D3,21D,22D;. The minimum absolute atomic E-state index is 0. The predicted octanol–water partition coefficient (Wildman–Crippen LogP) is 19.6. The molecule has 0 aliphatic heterocycles. The van der Waals surface area contributed by atoms with Crippen molar-refractivity contribution in [2.75, 3.05) is 0 Å². The molecule has 3 heterocycles. The fourth-order valence-corrected chi connectivity index (χ4v) is 11.7. The van der Waals surface area contributed by atoms with Gasteiger partial charge in [-0.1, -0.05) is 219 Å². The van der Waals surface area contributed by atoms with Crippen LogP contribution >= 0.6 is 0 Å². The summed E-state index contributed by atoms with van der Waals surface area (Å²) in [7, 11) is -1.38. The molecule has 1 unspecified atom stereocenters. The number of aryl methyl sites for hydroxylation is 1. The van der Waals surface area contributed by atoms with Crippen LogP contribution in [0.15, 0.2) is 186 Å². The minimum atomic E-state index is -3.55. The van der Waals surface area contributed by atoms with E-state index in [1.165, 1.54) is 55.9 Å². The molecule has 79 heavy (non-hydrogen) atoms. The largest absolute Gasteiger partial charge is 0.501 e. The van der Waals surface area contributed by atoms with Crippen molar-refractivity contribution in [3.05, 3.63) is 222 Å². The van der Waals surface area contributed by atoms with Gasteiger partial charge in [-0.2, -0.15) is 0 Å². The van der Waals surface area contributed by atoms with Crippen LogP contribution in [0, 0.1) is 19.0 Å². The van der Waals surface area contributed by atoms with E-state index in [1.807, 2.05) is 18.2 Å². The monoisotopic (exact) mass is 1240 g/mol. The van der Waals surface area contributed by atoms with Gasteiger partial charge in [-0.25, -0.2) is 0 Å². The Bertz CT molecular complexity index is 4770. The summed E-state index contributed by atoms with van der Waals surface area (Å²) in [5.41, 5.74) is 10.4. The van der Waals surface area contributed by atoms with Gasteiger partial charge < -0.3 is 13.6 Å². The van der Waals surface area contributed by atoms with E-state index in [9.17, 15) is 1.37 Å². The van der Waals surface area contributed by atoms with Gasteiger partial charge in [0.2, 0.25) is 0 Å². The molecule has 12 rings (SSSR count). The summed E-state index contributed by atoms with van der Waals surface area (Å²) in [4.78, 5) is 9.99. The third kappa shape index (κ3) is 10.4. The SMILES string of the molecule is CC(C)c1cc(-c2ccc([Si](C)(C)C)cc2)cc(C(C)C)c1-n1c(-c2[c-]ccc3c2oc2ccccc23)nc2ccccc21.[2H]C([2H])C([2H])(c1cccc(C([2H])(C([2H])([2H])[2H])C([2H])([2H])[2H])c1-n1c(-c2[c-]cc(C([2H])([2H])[2H])c(-c3ccccc3)c2)nc2ccccc21)C([2H])([2H])[2H].[Ir]. The van der Waals surface area contributed by atoms with Crippen molar-refractivity contribution in [1.29, 1.82) is 0 Å². The van der Waals surface area contributed by atoms with Gasteiger partial charge in [0, 0.05) is 58.8 Å². The Kier molecular flexibility index (Phi) is 10.8. The summed E-state index contributed by atoms with van der Waals surface area (Å²) >= 11 is 0. The number of furan rings is 1. The maximum atomic E-state index is 9.17. The van der Waals surface area contributed by atoms with Gasteiger partial charge in [0.15, 0.2) is 0 Å². The molecule has 1 atom stereocenters. The molecule has 9 aromatic carbocycles. The van der Waals surface area contributed by atoms with Gasteiger partial charge in [-0.3, -0.25) is 9.97 Å². The third-order valence-electron chi connectivity index (χ3n) is 14.5. The molecule has 0 fully saturated rings. The first-order valence-corrected chi connectivity index (χ1v) is 29.7. The number of hydrogen-bond acceptors (Lipinski definition) is 3. The molecule has 0 aliphatic carbocycles.